The van der Waals surface area contributed by atoms with Gasteiger partial charge in [-0.25, -0.2) is 0 Å². The number of carbonyl (C=O) groups is 1. The van der Waals surface area contributed by atoms with Gasteiger partial charge in [0.15, 0.2) is 11.5 Å². The molecule has 1 N–H and O–H groups in total. The first-order chi connectivity index (χ1) is 10.7. The minimum absolute atomic E-state index is 0.0227. The van der Waals surface area contributed by atoms with E-state index in [1.807, 2.05) is 61.5 Å². The van der Waals surface area contributed by atoms with Crippen molar-refractivity contribution in [3.63, 3.8) is 0 Å². The Hall–Kier alpha value is -2.49. The van der Waals surface area contributed by atoms with Gasteiger partial charge in [0.25, 0.3) is 0 Å². The lowest BCUT2D eigenvalue weighted by molar-refractivity contribution is -0.124. The lowest BCUT2D eigenvalue weighted by Crippen LogP contribution is -2.36. The third kappa shape index (κ3) is 3.39. The average molecular weight is 297 g/mol. The summed E-state index contributed by atoms with van der Waals surface area (Å²) in [6, 6.07) is 17.4. The Bertz CT molecular complexity index is 642. The van der Waals surface area contributed by atoms with Crippen molar-refractivity contribution in [3.05, 3.63) is 60.2 Å². The molecule has 22 heavy (non-hydrogen) atoms. The quantitative estimate of drug-likeness (QED) is 0.943. The van der Waals surface area contributed by atoms with Crippen LogP contribution in [0.3, 0.4) is 0 Å². The fraction of sp³-hybridized carbons (Fsp3) is 0.278. The van der Waals surface area contributed by atoms with Crippen LogP contribution in [0.2, 0.25) is 0 Å². The number of rotatable bonds is 4. The maximum atomic E-state index is 12.2. The smallest absolute Gasteiger partial charge is 0.224 e. The highest BCUT2D eigenvalue weighted by Gasteiger charge is 2.23. The summed E-state index contributed by atoms with van der Waals surface area (Å²) >= 11 is 0. The number of hydrogen-bond acceptors (Lipinski definition) is 3. The van der Waals surface area contributed by atoms with Gasteiger partial charge in [-0.2, -0.15) is 0 Å². The molecule has 2 aromatic carbocycles. The minimum Gasteiger partial charge on any atom is -0.486 e. The fourth-order valence-electron chi connectivity index (χ4n) is 2.50. The van der Waals surface area contributed by atoms with Gasteiger partial charge >= 0.3 is 0 Å². The highest BCUT2D eigenvalue weighted by molar-refractivity contribution is 5.77. The number of benzene rings is 2. The maximum Gasteiger partial charge on any atom is 0.224 e. The summed E-state index contributed by atoms with van der Waals surface area (Å²) < 4.78 is 11.4. The number of ether oxygens (including phenoxy) is 2. The minimum atomic E-state index is -0.252. The molecule has 0 spiro atoms. The number of para-hydroxylation sites is 2. The zero-order chi connectivity index (χ0) is 15.4. The number of fused-ring (bicyclic) bond motifs is 1. The van der Waals surface area contributed by atoms with Crippen LogP contribution in [-0.2, 0) is 4.79 Å². The topological polar surface area (TPSA) is 47.6 Å². The normalized spacial score (nSPS) is 17.6. The number of nitrogens with one attached hydrogen (secondary N) is 1. The van der Waals surface area contributed by atoms with Crippen molar-refractivity contribution >= 4 is 5.91 Å². The van der Waals surface area contributed by atoms with E-state index < -0.39 is 0 Å². The van der Waals surface area contributed by atoms with Crippen LogP contribution in [0.4, 0.5) is 0 Å². The van der Waals surface area contributed by atoms with E-state index >= 15 is 0 Å². The highest BCUT2D eigenvalue weighted by Crippen LogP contribution is 2.31. The van der Waals surface area contributed by atoms with Crippen LogP contribution in [0.25, 0.3) is 0 Å². The molecule has 0 fully saturated rings. The van der Waals surface area contributed by atoms with E-state index in [9.17, 15) is 4.79 Å². The van der Waals surface area contributed by atoms with E-state index in [1.54, 1.807) is 0 Å². The zero-order valence-corrected chi connectivity index (χ0v) is 12.5. The lowest BCUT2D eigenvalue weighted by Gasteiger charge is -2.26. The molecular weight excluding hydrogens is 278 g/mol. The molecule has 114 valence electrons. The molecular formula is C18H19NO3. The van der Waals surface area contributed by atoms with E-state index in [4.69, 9.17) is 9.47 Å². The van der Waals surface area contributed by atoms with Gasteiger partial charge in [0.2, 0.25) is 5.91 Å². The van der Waals surface area contributed by atoms with Gasteiger partial charge in [-0.05, 0) is 24.6 Å². The van der Waals surface area contributed by atoms with Crippen LogP contribution >= 0.6 is 0 Å². The van der Waals surface area contributed by atoms with Gasteiger partial charge in [0.1, 0.15) is 12.7 Å². The SMILES string of the molecule is CC(NC(=O)CC1COc2ccccc2O1)c1ccccc1. The van der Waals surface area contributed by atoms with Crippen molar-refractivity contribution in [1.82, 2.24) is 5.32 Å². The molecule has 4 heteroatoms. The Morgan fingerprint density at radius 3 is 2.59 bits per heavy atom. The summed E-state index contributed by atoms with van der Waals surface area (Å²) in [7, 11) is 0. The van der Waals surface area contributed by atoms with Crippen LogP contribution in [0.5, 0.6) is 11.5 Å². The molecule has 0 aliphatic carbocycles. The molecule has 0 bridgehead atoms. The van der Waals surface area contributed by atoms with Gasteiger partial charge < -0.3 is 14.8 Å². The molecule has 4 nitrogen and oxygen atoms in total. The Morgan fingerprint density at radius 1 is 1.14 bits per heavy atom. The fourth-order valence-corrected chi connectivity index (χ4v) is 2.50. The summed E-state index contributed by atoms with van der Waals surface area (Å²) in [5.41, 5.74) is 1.09. The first kappa shape index (κ1) is 14.4. The predicted octanol–water partition coefficient (Wildman–Crippen LogP) is 3.09. The summed E-state index contributed by atoms with van der Waals surface area (Å²) in [5, 5.41) is 2.99. The highest BCUT2D eigenvalue weighted by atomic mass is 16.6. The molecule has 0 saturated carbocycles. The molecule has 1 aliphatic heterocycles. The lowest BCUT2D eigenvalue weighted by atomic mass is 10.1. The van der Waals surface area contributed by atoms with E-state index in [1.165, 1.54) is 0 Å². The summed E-state index contributed by atoms with van der Waals surface area (Å²) in [5.74, 6) is 1.39. The summed E-state index contributed by atoms with van der Waals surface area (Å²) in [6.45, 7) is 2.37. The molecule has 2 aromatic rings. The monoisotopic (exact) mass is 297 g/mol. The van der Waals surface area contributed by atoms with Crippen LogP contribution in [0.1, 0.15) is 24.9 Å². The number of hydrogen-bond donors (Lipinski definition) is 1. The molecule has 2 unspecified atom stereocenters. The van der Waals surface area contributed by atoms with Gasteiger partial charge in [-0.3, -0.25) is 4.79 Å². The first-order valence-corrected chi connectivity index (χ1v) is 7.45. The second-order valence-corrected chi connectivity index (χ2v) is 5.40. The van der Waals surface area contributed by atoms with Crippen molar-refractivity contribution in [2.24, 2.45) is 0 Å². The standard InChI is InChI=1S/C18H19NO3/c1-13(14-7-3-2-4-8-14)19-18(20)11-15-12-21-16-9-5-6-10-17(16)22-15/h2-10,13,15H,11-12H2,1H3,(H,19,20). The number of amides is 1. The number of carbonyl (C=O) groups excluding carboxylic acids is 1. The van der Waals surface area contributed by atoms with Crippen LogP contribution in [0, 0.1) is 0 Å². The third-order valence-corrected chi connectivity index (χ3v) is 3.66. The molecule has 0 radical (unpaired) electrons. The first-order valence-electron chi connectivity index (χ1n) is 7.45. The van der Waals surface area contributed by atoms with E-state index in [0.29, 0.717) is 12.4 Å². The Morgan fingerprint density at radius 2 is 1.82 bits per heavy atom. The second-order valence-electron chi connectivity index (χ2n) is 5.40. The Labute approximate surface area is 130 Å². The van der Waals surface area contributed by atoms with Gasteiger partial charge in [-0.15, -0.1) is 0 Å². The van der Waals surface area contributed by atoms with Crippen molar-refractivity contribution in [1.29, 1.82) is 0 Å². The molecule has 1 amide bonds. The van der Waals surface area contributed by atoms with Gasteiger partial charge in [-0.1, -0.05) is 42.5 Å². The van der Waals surface area contributed by atoms with Crippen molar-refractivity contribution in [2.75, 3.05) is 6.61 Å². The molecule has 0 aromatic heterocycles. The van der Waals surface area contributed by atoms with Gasteiger partial charge in [0, 0.05) is 0 Å². The summed E-state index contributed by atoms with van der Waals surface area (Å²) in [4.78, 5) is 12.2. The van der Waals surface area contributed by atoms with Crippen LogP contribution in [-0.4, -0.2) is 18.6 Å². The molecule has 0 saturated heterocycles. The maximum absolute atomic E-state index is 12.2. The summed E-state index contributed by atoms with van der Waals surface area (Å²) in [6.07, 6.45) is 0.0313. The molecule has 3 rings (SSSR count). The zero-order valence-electron chi connectivity index (χ0n) is 12.5. The molecule has 1 heterocycles. The van der Waals surface area contributed by atoms with Crippen molar-refractivity contribution in [2.45, 2.75) is 25.5 Å². The second kappa shape index (κ2) is 6.52. The Kier molecular flexibility index (Phi) is 4.28. The largest absolute Gasteiger partial charge is 0.486 e. The van der Waals surface area contributed by atoms with Crippen molar-refractivity contribution in [3.8, 4) is 11.5 Å². The average Bonchev–Trinajstić information content (AvgIpc) is 2.55. The molecule has 1 aliphatic rings. The van der Waals surface area contributed by atoms with Crippen LogP contribution in [0.15, 0.2) is 54.6 Å². The van der Waals surface area contributed by atoms with E-state index in [-0.39, 0.29) is 24.5 Å². The third-order valence-electron chi connectivity index (χ3n) is 3.66. The molecule has 2 atom stereocenters. The van der Waals surface area contributed by atoms with E-state index in [0.717, 1.165) is 11.3 Å². The van der Waals surface area contributed by atoms with Crippen LogP contribution < -0.4 is 14.8 Å². The van der Waals surface area contributed by atoms with Crippen molar-refractivity contribution < 1.29 is 14.3 Å². The predicted molar refractivity (Wildman–Crippen MR) is 84.0 cm³/mol. The Balaban J connectivity index is 1.55. The van der Waals surface area contributed by atoms with E-state index in [2.05, 4.69) is 5.32 Å². The van der Waals surface area contributed by atoms with Gasteiger partial charge in [0.05, 0.1) is 12.5 Å².